The minimum Gasteiger partial charge on any atom is -0.496 e. The Morgan fingerprint density at radius 2 is 2.00 bits per heavy atom. The van der Waals surface area contributed by atoms with Crippen molar-refractivity contribution < 1.29 is 4.74 Å². The van der Waals surface area contributed by atoms with Gasteiger partial charge in [-0.3, -0.25) is 5.41 Å². The number of para-hydroxylation sites is 1. The van der Waals surface area contributed by atoms with Gasteiger partial charge in [0.1, 0.15) is 11.6 Å². The Morgan fingerprint density at radius 3 is 2.70 bits per heavy atom. The highest BCUT2D eigenvalue weighted by atomic mass is 35.5. The number of aromatic nitrogens is 1. The summed E-state index contributed by atoms with van der Waals surface area (Å²) < 4.78 is 6.04. The van der Waals surface area contributed by atoms with Crippen molar-refractivity contribution in [3.63, 3.8) is 0 Å². The van der Waals surface area contributed by atoms with E-state index in [1.165, 1.54) is 11.3 Å². The van der Waals surface area contributed by atoms with Crippen LogP contribution >= 0.6 is 22.9 Å². The van der Waals surface area contributed by atoms with Gasteiger partial charge in [0.2, 0.25) is 0 Å². The van der Waals surface area contributed by atoms with Crippen LogP contribution in [-0.4, -0.2) is 17.8 Å². The largest absolute Gasteiger partial charge is 0.496 e. The third-order valence-electron chi connectivity index (χ3n) is 3.45. The number of methoxy groups -OCH3 is 1. The minimum absolute atomic E-state index is 0.271. The molecule has 0 saturated carbocycles. The second kappa shape index (κ2) is 6.40. The molecule has 0 aliphatic rings. The number of rotatable bonds is 4. The summed E-state index contributed by atoms with van der Waals surface area (Å²) in [6.07, 6.45) is 1.64. The van der Waals surface area contributed by atoms with E-state index in [4.69, 9.17) is 27.5 Å². The van der Waals surface area contributed by atoms with Gasteiger partial charge in [-0.1, -0.05) is 23.7 Å². The lowest BCUT2D eigenvalue weighted by atomic mass is 9.97. The molecule has 4 nitrogen and oxygen atoms in total. The van der Waals surface area contributed by atoms with Crippen molar-refractivity contribution in [1.82, 2.24) is 4.98 Å². The third kappa shape index (κ3) is 2.93. The highest BCUT2D eigenvalue weighted by molar-refractivity contribution is 7.19. The highest BCUT2D eigenvalue weighted by Crippen LogP contribution is 2.36. The molecule has 0 aliphatic carbocycles. The number of benzene rings is 1. The Morgan fingerprint density at radius 1 is 1.22 bits per heavy atom. The van der Waals surface area contributed by atoms with Crippen LogP contribution in [0.5, 0.6) is 5.75 Å². The van der Waals surface area contributed by atoms with Crippen LogP contribution in [0, 0.1) is 5.41 Å². The number of hydrogen-bond acceptors (Lipinski definition) is 5. The average molecular weight is 344 g/mol. The van der Waals surface area contributed by atoms with E-state index >= 15 is 0 Å². The predicted octanol–water partition coefficient (Wildman–Crippen LogP) is 4.47. The maximum Gasteiger partial charge on any atom is 0.133 e. The van der Waals surface area contributed by atoms with Crippen LogP contribution in [0.1, 0.15) is 11.1 Å². The standard InChI is InChI=1S/C17H14ClN3OS/c1-22-12-5-3-2-4-10(12)16(19)15-11(8-9-21-17(15)20)13-6-7-14(18)23-13/h2-9,19H,1H3,(H2,20,21). The molecule has 0 unspecified atom stereocenters. The van der Waals surface area contributed by atoms with E-state index in [2.05, 4.69) is 4.98 Å². The Kier molecular flexibility index (Phi) is 4.32. The molecule has 0 saturated heterocycles. The van der Waals surface area contributed by atoms with E-state index in [0.29, 0.717) is 27.0 Å². The molecule has 0 fully saturated rings. The van der Waals surface area contributed by atoms with Gasteiger partial charge in [0.15, 0.2) is 0 Å². The van der Waals surface area contributed by atoms with Gasteiger partial charge in [0.05, 0.1) is 22.7 Å². The SMILES string of the molecule is COc1ccccc1C(=N)c1c(-c2ccc(Cl)s2)ccnc1N. The molecule has 0 bridgehead atoms. The first kappa shape index (κ1) is 15.5. The van der Waals surface area contributed by atoms with Crippen LogP contribution in [0.2, 0.25) is 4.34 Å². The molecule has 2 aromatic heterocycles. The molecule has 3 N–H and O–H groups in total. The van der Waals surface area contributed by atoms with Gasteiger partial charge in [-0.25, -0.2) is 4.98 Å². The fourth-order valence-corrected chi connectivity index (χ4v) is 3.47. The minimum atomic E-state index is 0.271. The topological polar surface area (TPSA) is 72.0 Å². The number of thiophene rings is 1. The predicted molar refractivity (Wildman–Crippen MR) is 95.9 cm³/mol. The lowest BCUT2D eigenvalue weighted by Crippen LogP contribution is -2.10. The average Bonchev–Trinajstić information content (AvgIpc) is 3.00. The first-order valence-electron chi connectivity index (χ1n) is 6.84. The van der Waals surface area contributed by atoms with E-state index in [-0.39, 0.29) is 5.71 Å². The van der Waals surface area contributed by atoms with Crippen LogP contribution in [0.15, 0.2) is 48.7 Å². The monoisotopic (exact) mass is 343 g/mol. The van der Waals surface area contributed by atoms with Gasteiger partial charge in [0, 0.05) is 22.2 Å². The maximum absolute atomic E-state index is 8.62. The molecule has 0 radical (unpaired) electrons. The lowest BCUT2D eigenvalue weighted by Gasteiger charge is -2.14. The number of anilines is 1. The number of nitrogens with one attached hydrogen (secondary N) is 1. The van der Waals surface area contributed by atoms with Crippen LogP contribution in [-0.2, 0) is 0 Å². The summed E-state index contributed by atoms with van der Waals surface area (Å²) in [7, 11) is 1.58. The molecule has 0 atom stereocenters. The van der Waals surface area contributed by atoms with Crippen molar-refractivity contribution in [2.45, 2.75) is 0 Å². The van der Waals surface area contributed by atoms with Crippen LogP contribution in [0.3, 0.4) is 0 Å². The quantitative estimate of drug-likeness (QED) is 0.686. The van der Waals surface area contributed by atoms with Crippen molar-refractivity contribution in [2.24, 2.45) is 0 Å². The molecule has 116 valence electrons. The lowest BCUT2D eigenvalue weighted by molar-refractivity contribution is 0.414. The summed E-state index contributed by atoms with van der Waals surface area (Å²) in [5.74, 6) is 0.929. The van der Waals surface area contributed by atoms with Crippen molar-refractivity contribution in [3.05, 3.63) is 64.1 Å². The smallest absolute Gasteiger partial charge is 0.133 e. The number of hydrogen-bond donors (Lipinski definition) is 2. The number of pyridine rings is 1. The van der Waals surface area contributed by atoms with E-state index in [1.54, 1.807) is 13.3 Å². The first-order valence-corrected chi connectivity index (χ1v) is 8.03. The van der Waals surface area contributed by atoms with Gasteiger partial charge in [0.25, 0.3) is 0 Å². The fraction of sp³-hybridized carbons (Fsp3) is 0.0588. The normalized spacial score (nSPS) is 10.5. The van der Waals surface area contributed by atoms with Crippen LogP contribution in [0.25, 0.3) is 10.4 Å². The molecule has 0 aliphatic heterocycles. The number of ether oxygens (including phenoxy) is 1. The van der Waals surface area contributed by atoms with Crippen molar-refractivity contribution >= 4 is 34.5 Å². The van der Waals surface area contributed by atoms with Crippen molar-refractivity contribution in [3.8, 4) is 16.2 Å². The van der Waals surface area contributed by atoms with Crippen LogP contribution < -0.4 is 10.5 Å². The Bertz CT molecular complexity index is 876. The van der Waals surface area contributed by atoms with Crippen molar-refractivity contribution in [1.29, 1.82) is 5.41 Å². The summed E-state index contributed by atoms with van der Waals surface area (Å²) in [5, 5.41) is 8.62. The van der Waals surface area contributed by atoms with E-state index in [0.717, 1.165) is 10.4 Å². The summed E-state index contributed by atoms with van der Waals surface area (Å²) in [6.45, 7) is 0. The molecule has 0 amide bonds. The molecule has 2 heterocycles. The molecular formula is C17H14ClN3OS. The molecule has 3 aromatic rings. The molecular weight excluding hydrogens is 330 g/mol. The van der Waals surface area contributed by atoms with Gasteiger partial charge in [-0.2, -0.15) is 0 Å². The van der Waals surface area contributed by atoms with Gasteiger partial charge < -0.3 is 10.5 Å². The van der Waals surface area contributed by atoms with Gasteiger partial charge in [-0.15, -0.1) is 11.3 Å². The maximum atomic E-state index is 8.62. The second-order valence-electron chi connectivity index (χ2n) is 4.80. The first-order chi connectivity index (χ1) is 11.1. The van der Waals surface area contributed by atoms with Crippen molar-refractivity contribution in [2.75, 3.05) is 12.8 Å². The second-order valence-corrected chi connectivity index (χ2v) is 6.51. The fourth-order valence-electron chi connectivity index (χ4n) is 2.39. The van der Waals surface area contributed by atoms with E-state index < -0.39 is 0 Å². The van der Waals surface area contributed by atoms with E-state index in [9.17, 15) is 0 Å². The summed E-state index contributed by atoms with van der Waals surface area (Å²) in [5.41, 5.74) is 8.43. The zero-order valence-electron chi connectivity index (χ0n) is 12.3. The van der Waals surface area contributed by atoms with Gasteiger partial charge in [-0.05, 0) is 30.3 Å². The summed E-state index contributed by atoms with van der Waals surface area (Å²) >= 11 is 7.49. The number of nitrogens with two attached hydrogens (primary N) is 1. The van der Waals surface area contributed by atoms with Crippen LogP contribution in [0.4, 0.5) is 5.82 Å². The summed E-state index contributed by atoms with van der Waals surface area (Å²) in [4.78, 5) is 5.09. The summed E-state index contributed by atoms with van der Waals surface area (Å²) in [6, 6.07) is 13.0. The Hall–Kier alpha value is -2.37. The molecule has 3 rings (SSSR count). The molecule has 1 aromatic carbocycles. The highest BCUT2D eigenvalue weighted by Gasteiger charge is 2.19. The number of halogens is 1. The molecule has 6 heteroatoms. The Balaban J connectivity index is 2.18. The zero-order valence-corrected chi connectivity index (χ0v) is 13.9. The molecule has 23 heavy (non-hydrogen) atoms. The number of nitrogen functional groups attached to an aromatic ring is 1. The number of nitrogens with zero attached hydrogens (tertiary/aromatic N) is 1. The molecule has 0 spiro atoms. The Labute approximate surface area is 143 Å². The van der Waals surface area contributed by atoms with Gasteiger partial charge >= 0.3 is 0 Å². The zero-order chi connectivity index (χ0) is 16.4. The third-order valence-corrected chi connectivity index (χ3v) is 4.71. The van der Waals surface area contributed by atoms with E-state index in [1.807, 2.05) is 42.5 Å².